The molecule has 440 valence electrons. The number of nitrogens with two attached hydrogens (primary N) is 1. The van der Waals surface area contributed by atoms with Gasteiger partial charge < -0.3 is 76.5 Å². The van der Waals surface area contributed by atoms with Gasteiger partial charge in [0.2, 0.25) is 5.91 Å². The molecular weight excluding hydrogens is 1010 g/mol. The fourth-order valence-corrected chi connectivity index (χ4v) is 20.8. The summed E-state index contributed by atoms with van der Waals surface area (Å²) in [5.41, 5.74) is 2.45. The lowest BCUT2D eigenvalue weighted by molar-refractivity contribution is -0.351. The van der Waals surface area contributed by atoms with Gasteiger partial charge in [-0.2, -0.15) is 0 Å². The molecule has 2 saturated heterocycles. The molecule has 2 aromatic heterocycles. The van der Waals surface area contributed by atoms with Gasteiger partial charge in [0, 0.05) is 47.8 Å². The van der Waals surface area contributed by atoms with E-state index in [1.54, 1.807) is 25.0 Å². The summed E-state index contributed by atoms with van der Waals surface area (Å²) in [4.78, 5) is 45.0. The molecule has 19 heteroatoms. The van der Waals surface area contributed by atoms with Gasteiger partial charge in [-0.3, -0.25) is 9.59 Å². The van der Waals surface area contributed by atoms with Crippen LogP contribution >= 0.6 is 0 Å². The first-order chi connectivity index (χ1) is 37.6. The molecule has 1 spiro atoms. The van der Waals surface area contributed by atoms with Crippen molar-refractivity contribution in [3.05, 3.63) is 48.1 Å². The van der Waals surface area contributed by atoms with E-state index in [1.165, 1.54) is 0 Å². The topological polar surface area (TPSA) is 330 Å². The number of aliphatic hydroxyl groups excluding tert-OH is 8. The molecule has 6 saturated carbocycles. The number of hydrogen-bond donors (Lipinski definition) is 13. The van der Waals surface area contributed by atoms with E-state index in [0.717, 1.165) is 61.9 Å². The fourth-order valence-electron chi connectivity index (χ4n) is 20.8. The summed E-state index contributed by atoms with van der Waals surface area (Å²) in [6, 6.07) is -0.463. The van der Waals surface area contributed by atoms with Crippen LogP contribution in [0.1, 0.15) is 161 Å². The number of carbonyl (C=O) groups excluding carboxylic acids is 1. The number of aromatic amines is 2. The van der Waals surface area contributed by atoms with Crippen molar-refractivity contribution in [3.8, 4) is 0 Å². The molecule has 0 bridgehead atoms. The maximum absolute atomic E-state index is 15.2. The number of H-pyrrole nitrogens is 2. The van der Waals surface area contributed by atoms with Crippen molar-refractivity contribution < 1.29 is 65.0 Å². The second-order valence-corrected chi connectivity index (χ2v) is 28.0. The average molecular weight is 1110 g/mol. The molecule has 22 unspecified atom stereocenters. The monoisotopic (exact) mass is 1100 g/mol. The fraction of sp³-hybridized carbons (Fsp3) is 0.833. The third-order valence-corrected chi connectivity index (χ3v) is 24.7. The van der Waals surface area contributed by atoms with Gasteiger partial charge >= 0.3 is 5.97 Å². The number of carbonyl (C=O) groups is 2. The highest BCUT2D eigenvalue weighted by Crippen LogP contribution is 2.81. The van der Waals surface area contributed by atoms with Gasteiger partial charge in [-0.1, -0.05) is 71.4 Å². The van der Waals surface area contributed by atoms with Crippen LogP contribution in [-0.4, -0.2) is 153 Å². The molecule has 2 aliphatic heterocycles. The molecule has 7 aliphatic carbocycles. The third-order valence-electron chi connectivity index (χ3n) is 24.7. The van der Waals surface area contributed by atoms with Crippen molar-refractivity contribution >= 4 is 11.9 Å². The van der Waals surface area contributed by atoms with Crippen LogP contribution in [0, 0.1) is 79.3 Å². The Morgan fingerprint density at radius 2 is 1.57 bits per heavy atom. The van der Waals surface area contributed by atoms with Crippen molar-refractivity contribution in [3.63, 3.8) is 0 Å². The van der Waals surface area contributed by atoms with E-state index >= 15 is 4.79 Å². The zero-order chi connectivity index (χ0) is 56.2. The van der Waals surface area contributed by atoms with Crippen LogP contribution in [0.15, 0.2) is 36.7 Å². The van der Waals surface area contributed by atoms with E-state index in [-0.39, 0.29) is 80.5 Å². The van der Waals surface area contributed by atoms with Gasteiger partial charge in [-0.15, -0.1) is 0 Å². The largest absolute Gasteiger partial charge is 0.481 e. The molecule has 11 rings (SSSR count). The molecule has 22 atom stereocenters. The normalized spacial score (nSPS) is 46.6. The highest BCUT2D eigenvalue weighted by Gasteiger charge is 2.78. The van der Waals surface area contributed by atoms with Gasteiger partial charge in [0.05, 0.1) is 49.6 Å². The number of fused-ring (bicyclic) bond motifs is 7. The number of amides is 1. The number of allylic oxidation sites excluding steroid dienone is 2. The summed E-state index contributed by atoms with van der Waals surface area (Å²) >= 11 is 0. The van der Waals surface area contributed by atoms with Gasteiger partial charge in [-0.05, 0) is 153 Å². The maximum atomic E-state index is 15.2. The lowest BCUT2D eigenvalue weighted by atomic mass is 9.28. The van der Waals surface area contributed by atoms with Crippen LogP contribution in [-0.2, 0) is 25.5 Å². The molecule has 19 nitrogen and oxygen atoms in total. The Hall–Kier alpha value is -3.34. The van der Waals surface area contributed by atoms with E-state index < -0.39 is 111 Å². The molecule has 0 radical (unpaired) electrons. The summed E-state index contributed by atoms with van der Waals surface area (Å²) in [5.74, 6) is -3.74. The zero-order valence-electron chi connectivity index (χ0n) is 46.9. The van der Waals surface area contributed by atoms with Crippen molar-refractivity contribution in [1.82, 2.24) is 25.3 Å². The lowest BCUT2D eigenvalue weighted by Gasteiger charge is -2.77. The zero-order valence-corrected chi connectivity index (χ0v) is 46.9. The quantitative estimate of drug-likeness (QED) is 0.0676. The Kier molecular flexibility index (Phi) is 15.3. The summed E-state index contributed by atoms with van der Waals surface area (Å²) in [7, 11) is 0. The predicted molar refractivity (Wildman–Crippen MR) is 288 cm³/mol. The number of nitrogens with one attached hydrogen (secondary N) is 3. The number of ether oxygens (including phenoxy) is 2. The Balaban J connectivity index is 1.14. The number of aliphatic carboxylic acids is 1. The van der Waals surface area contributed by atoms with Gasteiger partial charge in [0.15, 0.2) is 6.29 Å². The van der Waals surface area contributed by atoms with E-state index in [1.807, 2.05) is 13.8 Å². The molecule has 8 fully saturated rings. The van der Waals surface area contributed by atoms with Gasteiger partial charge in [0.25, 0.3) is 0 Å². The van der Waals surface area contributed by atoms with Crippen molar-refractivity contribution in [2.24, 2.45) is 85.1 Å². The molecule has 4 heterocycles. The smallest absolute Gasteiger partial charge is 0.312 e. The number of aromatic nitrogens is 4. The second-order valence-electron chi connectivity index (χ2n) is 28.0. The Morgan fingerprint density at radius 3 is 2.22 bits per heavy atom. The van der Waals surface area contributed by atoms with E-state index in [4.69, 9.17) is 15.2 Å². The number of hydrogen-bond acceptors (Lipinski definition) is 15. The Labute approximate surface area is 464 Å². The van der Waals surface area contributed by atoms with Crippen molar-refractivity contribution in [1.29, 1.82) is 0 Å². The van der Waals surface area contributed by atoms with Crippen LogP contribution in [0.2, 0.25) is 0 Å². The predicted octanol–water partition coefficient (Wildman–Crippen LogP) is 4.19. The van der Waals surface area contributed by atoms with Gasteiger partial charge in [-0.25, -0.2) is 9.97 Å². The molecule has 0 aromatic carbocycles. The lowest BCUT2D eigenvalue weighted by Crippen LogP contribution is -2.76. The number of nitrogens with zero attached hydrogens (tertiary/aromatic N) is 2. The summed E-state index contributed by atoms with van der Waals surface area (Å²) < 4.78 is 13.0. The minimum atomic E-state index is -1.67. The average Bonchev–Trinajstić information content (AvgIpc) is 4.38. The molecule has 9 aliphatic rings. The first kappa shape index (κ1) is 57.5. The molecule has 1 amide bonds. The minimum Gasteiger partial charge on any atom is -0.481 e. The maximum Gasteiger partial charge on any atom is 0.312 e. The molecule has 2 aromatic rings. The van der Waals surface area contributed by atoms with Crippen molar-refractivity contribution in [2.45, 2.75) is 211 Å². The van der Waals surface area contributed by atoms with E-state index in [9.17, 15) is 50.8 Å². The summed E-state index contributed by atoms with van der Waals surface area (Å²) in [5, 5.41) is 109. The second kappa shape index (κ2) is 21.1. The number of carboxylic acid groups (broad SMARTS) is 1. The third kappa shape index (κ3) is 8.55. The van der Waals surface area contributed by atoms with Crippen LogP contribution in [0.5, 0.6) is 0 Å². The number of rotatable bonds is 15. The molecular formula is C60H92N6O13. The standard InChI is InChI=1S/C60H92N6O13/c1-54(28-67)23-39-36-13-14-43-56(3,57(36,4)33(20-34-25-62-30-64-34)22-59(39,53(76)77)44(70)24-54)19-16-42-55(2,29-68)50(79-51-49(74)48(73)41(69)27-78-51)47(72)38(60(42,43)32-10-6-5-7-11-32)21-37-46(66-52(75)58(37)17-8-9-18-58)35(12-15-45(61)71)40-26-63-31-65-40/h13,25-26,30-33,35,37-39,41-51,67-74H,5-12,14-24,27-29,61H2,1-4H3,(H,62,64)(H,63,65)(H,66,75)(H,76,77). The summed E-state index contributed by atoms with van der Waals surface area (Å²) in [6.07, 6.45) is 10.1. The van der Waals surface area contributed by atoms with Crippen LogP contribution in [0.4, 0.5) is 0 Å². The van der Waals surface area contributed by atoms with E-state index in [0.29, 0.717) is 57.8 Å². The molecule has 79 heavy (non-hydrogen) atoms. The Morgan fingerprint density at radius 1 is 0.848 bits per heavy atom. The highest BCUT2D eigenvalue weighted by atomic mass is 16.7. The number of imidazole rings is 2. The van der Waals surface area contributed by atoms with Crippen LogP contribution in [0.3, 0.4) is 0 Å². The first-order valence-electron chi connectivity index (χ1n) is 30.1. The number of aliphatic hydroxyl groups is 8. The molecule has 14 N–H and O–H groups in total. The van der Waals surface area contributed by atoms with Crippen LogP contribution < -0.4 is 11.1 Å². The number of carboxylic acids is 1. The Bertz CT molecular complexity index is 2520. The van der Waals surface area contributed by atoms with E-state index in [2.05, 4.69) is 45.2 Å². The first-order valence-corrected chi connectivity index (χ1v) is 30.1. The minimum absolute atomic E-state index is 0.0211. The summed E-state index contributed by atoms with van der Waals surface area (Å²) in [6.45, 7) is 7.81. The van der Waals surface area contributed by atoms with Gasteiger partial charge in [0.1, 0.15) is 30.0 Å². The van der Waals surface area contributed by atoms with Crippen molar-refractivity contribution in [2.75, 3.05) is 19.8 Å². The highest BCUT2D eigenvalue weighted by molar-refractivity contribution is 5.86. The van der Waals surface area contributed by atoms with Crippen LogP contribution in [0.25, 0.3) is 0 Å². The SMILES string of the molecule is CC1(CO)CC(O)C2(C(=O)O)CC(Cc3cnc[nH]3)C3(C)C(=CCC4C5(C6CCCCC6)C(CC6C(C(CCC(N)O)c7cnc[nH]7)NC(=O)C67CCCC7)C(O)C(OC6OCC(O)C(O)C6O)C(C)(CO)C5CCC43C)C2C1.